The van der Waals surface area contributed by atoms with Crippen LogP contribution in [0.5, 0.6) is 0 Å². The fraction of sp³-hybridized carbons (Fsp3) is 0.222. The second-order valence-electron chi connectivity index (χ2n) is 5.56. The fourth-order valence-electron chi connectivity index (χ4n) is 2.90. The quantitative estimate of drug-likeness (QED) is 0.895. The molecular formula is C18H17BrN2O2. The van der Waals surface area contributed by atoms with Gasteiger partial charge in [0.1, 0.15) is 0 Å². The molecule has 0 spiro atoms. The first kappa shape index (κ1) is 15.7. The highest BCUT2D eigenvalue weighted by Crippen LogP contribution is 2.36. The maximum absolute atomic E-state index is 12.8. The summed E-state index contributed by atoms with van der Waals surface area (Å²) in [6.45, 7) is 2.12. The summed E-state index contributed by atoms with van der Waals surface area (Å²) < 4.78 is 0.933. The molecule has 1 N–H and O–H groups in total. The Bertz CT molecular complexity index is 773. The van der Waals surface area contributed by atoms with E-state index < -0.39 is 0 Å². The molecule has 0 aliphatic carbocycles. The second kappa shape index (κ2) is 6.54. The number of rotatable bonds is 3. The first-order valence-electron chi connectivity index (χ1n) is 7.49. The largest absolute Gasteiger partial charge is 0.325 e. The number of hydrogen-bond acceptors (Lipinski definition) is 2. The molecule has 0 aromatic heterocycles. The van der Waals surface area contributed by atoms with Gasteiger partial charge in [0.15, 0.2) is 0 Å². The molecule has 0 saturated heterocycles. The van der Waals surface area contributed by atoms with E-state index in [1.54, 1.807) is 4.90 Å². The van der Waals surface area contributed by atoms with E-state index in [1.807, 2.05) is 42.5 Å². The SMILES string of the molecule is CC(=O)Nc1cccc2c1N(C(=O)Cc1ccccc1Br)CC2. The van der Waals surface area contributed by atoms with Crippen LogP contribution in [0.1, 0.15) is 18.1 Å². The van der Waals surface area contributed by atoms with E-state index in [0.717, 1.165) is 27.7 Å². The second-order valence-corrected chi connectivity index (χ2v) is 6.41. The monoisotopic (exact) mass is 372 g/mol. The van der Waals surface area contributed by atoms with Crippen molar-refractivity contribution in [3.8, 4) is 0 Å². The van der Waals surface area contributed by atoms with Gasteiger partial charge in [-0.05, 0) is 29.7 Å². The molecule has 118 valence electrons. The third kappa shape index (κ3) is 3.29. The Balaban J connectivity index is 1.88. The Morgan fingerprint density at radius 2 is 1.96 bits per heavy atom. The molecule has 23 heavy (non-hydrogen) atoms. The van der Waals surface area contributed by atoms with E-state index in [4.69, 9.17) is 0 Å². The third-order valence-corrected chi connectivity index (χ3v) is 4.68. The minimum atomic E-state index is -0.136. The number of para-hydroxylation sites is 1. The predicted octanol–water partition coefficient (Wildman–Crippen LogP) is 3.54. The molecule has 0 saturated carbocycles. The van der Waals surface area contributed by atoms with Crippen LogP contribution in [0.15, 0.2) is 46.9 Å². The highest BCUT2D eigenvalue weighted by atomic mass is 79.9. The molecule has 0 fully saturated rings. The summed E-state index contributed by atoms with van der Waals surface area (Å²) >= 11 is 3.48. The third-order valence-electron chi connectivity index (χ3n) is 3.91. The van der Waals surface area contributed by atoms with Gasteiger partial charge in [0.2, 0.25) is 11.8 Å². The van der Waals surface area contributed by atoms with Gasteiger partial charge in [-0.15, -0.1) is 0 Å². The number of nitrogens with one attached hydrogen (secondary N) is 1. The first-order valence-corrected chi connectivity index (χ1v) is 8.29. The van der Waals surface area contributed by atoms with Gasteiger partial charge in [0.25, 0.3) is 0 Å². The average molecular weight is 373 g/mol. The summed E-state index contributed by atoms with van der Waals surface area (Å²) in [4.78, 5) is 25.9. The number of nitrogens with zero attached hydrogens (tertiary/aromatic N) is 1. The van der Waals surface area contributed by atoms with Crippen LogP contribution in [0.4, 0.5) is 11.4 Å². The molecule has 1 aliphatic heterocycles. The van der Waals surface area contributed by atoms with Crippen molar-refractivity contribution in [2.45, 2.75) is 19.8 Å². The number of amides is 2. The van der Waals surface area contributed by atoms with Crippen LogP contribution in [-0.4, -0.2) is 18.4 Å². The summed E-state index contributed by atoms with van der Waals surface area (Å²) in [6, 6.07) is 13.5. The summed E-state index contributed by atoms with van der Waals surface area (Å²) in [5.74, 6) is -0.100. The van der Waals surface area contributed by atoms with Gasteiger partial charge in [-0.2, -0.15) is 0 Å². The molecule has 4 nitrogen and oxygen atoms in total. The smallest absolute Gasteiger partial charge is 0.231 e. The van der Waals surface area contributed by atoms with Crippen LogP contribution in [0, 0.1) is 0 Å². The highest BCUT2D eigenvalue weighted by molar-refractivity contribution is 9.10. The first-order chi connectivity index (χ1) is 11.1. The Morgan fingerprint density at radius 1 is 1.17 bits per heavy atom. The standard InChI is InChI=1S/C18H17BrN2O2/c1-12(22)20-16-8-4-6-13-9-10-21(18(13)16)17(23)11-14-5-2-3-7-15(14)19/h2-8H,9-11H2,1H3,(H,20,22). The van der Waals surface area contributed by atoms with E-state index in [9.17, 15) is 9.59 Å². The zero-order valence-electron chi connectivity index (χ0n) is 12.8. The van der Waals surface area contributed by atoms with E-state index in [1.165, 1.54) is 6.92 Å². The van der Waals surface area contributed by atoms with Crippen molar-refractivity contribution in [2.75, 3.05) is 16.8 Å². The molecule has 0 atom stereocenters. The molecule has 5 heteroatoms. The lowest BCUT2D eigenvalue weighted by Crippen LogP contribution is -2.31. The zero-order chi connectivity index (χ0) is 16.4. The number of halogens is 1. The maximum Gasteiger partial charge on any atom is 0.231 e. The van der Waals surface area contributed by atoms with Crippen molar-refractivity contribution < 1.29 is 9.59 Å². The van der Waals surface area contributed by atoms with Gasteiger partial charge >= 0.3 is 0 Å². The lowest BCUT2D eigenvalue weighted by Gasteiger charge is -2.21. The summed E-state index contributed by atoms with van der Waals surface area (Å²) in [5.41, 5.74) is 3.59. The minimum Gasteiger partial charge on any atom is -0.325 e. The summed E-state index contributed by atoms with van der Waals surface area (Å²) in [6.07, 6.45) is 1.14. The number of carbonyl (C=O) groups is 2. The lowest BCUT2D eigenvalue weighted by molar-refractivity contribution is -0.118. The van der Waals surface area contributed by atoms with E-state index in [0.29, 0.717) is 18.7 Å². The van der Waals surface area contributed by atoms with Crippen LogP contribution in [0.25, 0.3) is 0 Å². The van der Waals surface area contributed by atoms with Gasteiger partial charge in [0, 0.05) is 17.9 Å². The molecular weight excluding hydrogens is 356 g/mol. The molecule has 2 aromatic carbocycles. The van der Waals surface area contributed by atoms with Crippen LogP contribution < -0.4 is 10.2 Å². The zero-order valence-corrected chi connectivity index (χ0v) is 14.4. The topological polar surface area (TPSA) is 49.4 Å². The molecule has 3 rings (SSSR count). The lowest BCUT2D eigenvalue weighted by atomic mass is 10.1. The predicted molar refractivity (Wildman–Crippen MR) is 94.6 cm³/mol. The van der Waals surface area contributed by atoms with Crippen molar-refractivity contribution in [1.82, 2.24) is 0 Å². The molecule has 2 amide bonds. The summed E-state index contributed by atoms with van der Waals surface area (Å²) in [5, 5.41) is 2.82. The highest BCUT2D eigenvalue weighted by Gasteiger charge is 2.27. The number of anilines is 2. The molecule has 2 aromatic rings. The molecule has 0 radical (unpaired) electrons. The number of fused-ring (bicyclic) bond motifs is 1. The normalized spacial score (nSPS) is 12.9. The van der Waals surface area contributed by atoms with Crippen molar-refractivity contribution in [2.24, 2.45) is 0 Å². The Kier molecular flexibility index (Phi) is 4.48. The molecule has 0 unspecified atom stereocenters. The van der Waals surface area contributed by atoms with Crippen LogP contribution in [-0.2, 0) is 22.4 Å². The Hall–Kier alpha value is -2.14. The van der Waals surface area contributed by atoms with Gasteiger partial charge in [-0.1, -0.05) is 46.3 Å². The van der Waals surface area contributed by atoms with Crippen LogP contribution in [0.3, 0.4) is 0 Å². The van der Waals surface area contributed by atoms with E-state index >= 15 is 0 Å². The summed E-state index contributed by atoms with van der Waals surface area (Å²) in [7, 11) is 0. The van der Waals surface area contributed by atoms with Gasteiger partial charge in [-0.3, -0.25) is 9.59 Å². The van der Waals surface area contributed by atoms with Gasteiger partial charge < -0.3 is 10.2 Å². The van der Waals surface area contributed by atoms with Crippen molar-refractivity contribution >= 4 is 39.1 Å². The Morgan fingerprint density at radius 3 is 2.70 bits per heavy atom. The number of hydrogen-bond donors (Lipinski definition) is 1. The van der Waals surface area contributed by atoms with Gasteiger partial charge in [-0.25, -0.2) is 0 Å². The average Bonchev–Trinajstić information content (AvgIpc) is 2.94. The van der Waals surface area contributed by atoms with Crippen molar-refractivity contribution in [3.05, 3.63) is 58.1 Å². The molecule has 1 aliphatic rings. The Labute approximate surface area is 143 Å². The van der Waals surface area contributed by atoms with Gasteiger partial charge in [0.05, 0.1) is 17.8 Å². The molecule has 1 heterocycles. The van der Waals surface area contributed by atoms with E-state index in [-0.39, 0.29) is 11.8 Å². The van der Waals surface area contributed by atoms with Crippen molar-refractivity contribution in [3.63, 3.8) is 0 Å². The van der Waals surface area contributed by atoms with E-state index in [2.05, 4.69) is 21.2 Å². The fourth-order valence-corrected chi connectivity index (χ4v) is 3.32. The van der Waals surface area contributed by atoms with Crippen LogP contribution in [0.2, 0.25) is 0 Å². The van der Waals surface area contributed by atoms with Crippen LogP contribution >= 0.6 is 15.9 Å². The van der Waals surface area contributed by atoms with Crippen molar-refractivity contribution in [1.29, 1.82) is 0 Å². The number of carbonyl (C=O) groups excluding carboxylic acids is 2. The number of benzene rings is 2. The minimum absolute atomic E-state index is 0.0356. The molecule has 0 bridgehead atoms. The maximum atomic E-state index is 12.8.